The van der Waals surface area contributed by atoms with Crippen molar-refractivity contribution in [3.05, 3.63) is 35.9 Å². The highest BCUT2D eigenvalue weighted by atomic mass is 16.2. The summed E-state index contributed by atoms with van der Waals surface area (Å²) in [4.78, 5) is 11.6. The van der Waals surface area contributed by atoms with Gasteiger partial charge >= 0.3 is 0 Å². The van der Waals surface area contributed by atoms with Gasteiger partial charge in [0.1, 0.15) is 6.04 Å². The minimum atomic E-state index is -0.188. The van der Waals surface area contributed by atoms with Crippen LogP contribution in [0.1, 0.15) is 18.5 Å². The van der Waals surface area contributed by atoms with E-state index in [0.717, 1.165) is 12.1 Å². The van der Waals surface area contributed by atoms with Crippen LogP contribution in [0, 0.1) is 0 Å². The lowest BCUT2D eigenvalue weighted by Crippen LogP contribution is -2.52. The van der Waals surface area contributed by atoms with Crippen LogP contribution < -0.4 is 10.6 Å². The Bertz CT molecular complexity index is 323. The Hall–Kier alpha value is -1.35. The maximum absolute atomic E-state index is 11.6. The Morgan fingerprint density at radius 1 is 1.29 bits per heavy atom. The second kappa shape index (κ2) is 3.80. The van der Waals surface area contributed by atoms with Gasteiger partial charge in [-0.15, -0.1) is 0 Å². The number of piperazine rings is 1. The standard InChI is InChI=1S/C11H14N2O/c1-8-7-12-10(11(14)13-8)9-5-3-2-4-6-9/h2-6,8,10,12H,7H2,1H3,(H,13,14). The summed E-state index contributed by atoms with van der Waals surface area (Å²) in [5, 5.41) is 6.15. The number of hydrogen-bond donors (Lipinski definition) is 2. The van der Waals surface area contributed by atoms with E-state index in [2.05, 4.69) is 10.6 Å². The zero-order valence-corrected chi connectivity index (χ0v) is 8.16. The molecule has 0 radical (unpaired) electrons. The summed E-state index contributed by atoms with van der Waals surface area (Å²) < 4.78 is 0. The maximum atomic E-state index is 11.6. The van der Waals surface area contributed by atoms with E-state index in [-0.39, 0.29) is 18.0 Å². The molecule has 3 nitrogen and oxygen atoms in total. The number of carbonyl (C=O) groups excluding carboxylic acids is 1. The van der Waals surface area contributed by atoms with Crippen LogP contribution in [0.25, 0.3) is 0 Å². The Morgan fingerprint density at radius 2 is 2.00 bits per heavy atom. The molecule has 2 N–H and O–H groups in total. The molecule has 2 atom stereocenters. The summed E-state index contributed by atoms with van der Waals surface area (Å²) in [5.41, 5.74) is 1.02. The van der Waals surface area contributed by atoms with Crippen LogP contribution in [0.2, 0.25) is 0 Å². The Kier molecular flexibility index (Phi) is 2.50. The van der Waals surface area contributed by atoms with Crippen LogP contribution in [-0.4, -0.2) is 18.5 Å². The number of nitrogens with one attached hydrogen (secondary N) is 2. The zero-order valence-electron chi connectivity index (χ0n) is 8.16. The lowest BCUT2D eigenvalue weighted by Gasteiger charge is -2.28. The van der Waals surface area contributed by atoms with Crippen molar-refractivity contribution in [3.63, 3.8) is 0 Å². The smallest absolute Gasteiger partial charge is 0.241 e. The van der Waals surface area contributed by atoms with E-state index >= 15 is 0 Å². The van der Waals surface area contributed by atoms with Gasteiger partial charge in [-0.1, -0.05) is 30.3 Å². The Balaban J connectivity index is 2.16. The minimum absolute atomic E-state index is 0.0648. The van der Waals surface area contributed by atoms with Crippen LogP contribution in [0.3, 0.4) is 0 Å². The lowest BCUT2D eigenvalue weighted by atomic mass is 10.0. The van der Waals surface area contributed by atoms with Gasteiger partial charge in [0.05, 0.1) is 0 Å². The van der Waals surface area contributed by atoms with E-state index in [9.17, 15) is 4.79 Å². The topological polar surface area (TPSA) is 41.1 Å². The van der Waals surface area contributed by atoms with Crippen molar-refractivity contribution in [1.82, 2.24) is 10.6 Å². The lowest BCUT2D eigenvalue weighted by molar-refractivity contribution is -0.125. The van der Waals surface area contributed by atoms with Gasteiger partial charge in [0.15, 0.2) is 0 Å². The van der Waals surface area contributed by atoms with Gasteiger partial charge in [0.25, 0.3) is 0 Å². The summed E-state index contributed by atoms with van der Waals surface area (Å²) in [6.45, 7) is 2.82. The fraction of sp³-hybridized carbons (Fsp3) is 0.364. The number of amides is 1. The molecule has 0 saturated carbocycles. The zero-order chi connectivity index (χ0) is 9.97. The quantitative estimate of drug-likeness (QED) is 0.689. The fourth-order valence-corrected chi connectivity index (χ4v) is 1.68. The number of rotatable bonds is 1. The van der Waals surface area contributed by atoms with Crippen molar-refractivity contribution in [2.75, 3.05) is 6.54 Å². The highest BCUT2D eigenvalue weighted by Gasteiger charge is 2.25. The molecule has 3 heteroatoms. The van der Waals surface area contributed by atoms with E-state index < -0.39 is 0 Å². The first kappa shape index (κ1) is 9.21. The second-order valence-electron chi connectivity index (χ2n) is 3.66. The molecule has 1 aliphatic rings. The van der Waals surface area contributed by atoms with Crippen molar-refractivity contribution in [3.8, 4) is 0 Å². The largest absolute Gasteiger partial charge is 0.351 e. The summed E-state index contributed by atoms with van der Waals surface area (Å²) in [6.07, 6.45) is 0. The minimum Gasteiger partial charge on any atom is -0.351 e. The second-order valence-corrected chi connectivity index (χ2v) is 3.66. The molecule has 1 saturated heterocycles. The van der Waals surface area contributed by atoms with E-state index in [1.165, 1.54) is 0 Å². The molecule has 0 aromatic heterocycles. The molecule has 74 valence electrons. The summed E-state index contributed by atoms with van der Waals surface area (Å²) in [6, 6.07) is 9.81. The molecule has 2 rings (SSSR count). The SMILES string of the molecule is CC1CNC(c2ccccc2)C(=O)N1. The first-order valence-corrected chi connectivity index (χ1v) is 4.86. The van der Waals surface area contributed by atoms with Crippen molar-refractivity contribution >= 4 is 5.91 Å². The van der Waals surface area contributed by atoms with Gasteiger partial charge in [-0.05, 0) is 12.5 Å². The van der Waals surface area contributed by atoms with Crippen molar-refractivity contribution in [2.24, 2.45) is 0 Å². The van der Waals surface area contributed by atoms with E-state index in [1.54, 1.807) is 0 Å². The predicted octanol–water partition coefficient (Wildman–Crippen LogP) is 0.836. The van der Waals surface area contributed by atoms with Crippen LogP contribution >= 0.6 is 0 Å². The molecule has 1 aromatic rings. The van der Waals surface area contributed by atoms with Crippen molar-refractivity contribution in [1.29, 1.82) is 0 Å². The van der Waals surface area contributed by atoms with Crippen LogP contribution in [-0.2, 0) is 4.79 Å². The van der Waals surface area contributed by atoms with E-state index in [0.29, 0.717) is 0 Å². The normalized spacial score (nSPS) is 27.1. The molecule has 1 aliphatic heterocycles. The molecule has 1 heterocycles. The van der Waals surface area contributed by atoms with Crippen LogP contribution in [0.5, 0.6) is 0 Å². The number of carbonyl (C=O) groups is 1. The highest BCUT2D eigenvalue weighted by Crippen LogP contribution is 2.14. The fourth-order valence-electron chi connectivity index (χ4n) is 1.68. The average molecular weight is 190 g/mol. The van der Waals surface area contributed by atoms with Crippen LogP contribution in [0.4, 0.5) is 0 Å². The molecule has 2 unspecified atom stereocenters. The molecule has 0 bridgehead atoms. The molecule has 1 fully saturated rings. The average Bonchev–Trinajstić information content (AvgIpc) is 2.19. The molecular weight excluding hydrogens is 176 g/mol. The van der Waals surface area contributed by atoms with Gasteiger partial charge in [-0.2, -0.15) is 0 Å². The Labute approximate surface area is 83.5 Å². The van der Waals surface area contributed by atoms with Gasteiger partial charge in [-0.25, -0.2) is 0 Å². The molecule has 0 aliphatic carbocycles. The van der Waals surface area contributed by atoms with E-state index in [4.69, 9.17) is 0 Å². The van der Waals surface area contributed by atoms with Crippen molar-refractivity contribution < 1.29 is 4.79 Å². The number of hydrogen-bond acceptors (Lipinski definition) is 2. The monoisotopic (exact) mass is 190 g/mol. The molecular formula is C11H14N2O. The third kappa shape index (κ3) is 1.77. The van der Waals surface area contributed by atoms with E-state index in [1.807, 2.05) is 37.3 Å². The Morgan fingerprint density at radius 3 is 2.64 bits per heavy atom. The summed E-state index contributed by atoms with van der Waals surface area (Å²) >= 11 is 0. The summed E-state index contributed by atoms with van der Waals surface area (Å²) in [7, 11) is 0. The number of benzene rings is 1. The van der Waals surface area contributed by atoms with Gasteiger partial charge in [0, 0.05) is 12.6 Å². The van der Waals surface area contributed by atoms with Crippen LogP contribution in [0.15, 0.2) is 30.3 Å². The summed E-state index contributed by atoms with van der Waals surface area (Å²) in [5.74, 6) is 0.0648. The van der Waals surface area contributed by atoms with Gasteiger partial charge in [0.2, 0.25) is 5.91 Å². The third-order valence-corrected chi connectivity index (χ3v) is 2.41. The highest BCUT2D eigenvalue weighted by molar-refractivity contribution is 5.84. The molecule has 1 aromatic carbocycles. The first-order chi connectivity index (χ1) is 6.77. The predicted molar refractivity (Wildman–Crippen MR) is 54.8 cm³/mol. The van der Waals surface area contributed by atoms with Gasteiger partial charge < -0.3 is 10.6 Å². The molecule has 14 heavy (non-hydrogen) atoms. The first-order valence-electron chi connectivity index (χ1n) is 4.86. The van der Waals surface area contributed by atoms with Gasteiger partial charge in [-0.3, -0.25) is 4.79 Å². The maximum Gasteiger partial charge on any atom is 0.241 e. The third-order valence-electron chi connectivity index (χ3n) is 2.41. The molecule has 1 amide bonds. The molecule has 0 spiro atoms. The van der Waals surface area contributed by atoms with Crippen molar-refractivity contribution in [2.45, 2.75) is 19.0 Å².